The highest BCUT2D eigenvalue weighted by Gasteiger charge is 2.11. The van der Waals surface area contributed by atoms with Gasteiger partial charge in [0, 0.05) is 13.0 Å². The number of aliphatic hydroxyl groups excluding tert-OH is 1. The van der Waals surface area contributed by atoms with E-state index in [1.165, 1.54) is 11.1 Å². The number of hydrogen-bond donors (Lipinski definition) is 2. The van der Waals surface area contributed by atoms with E-state index in [1.807, 2.05) is 0 Å². The molecule has 0 bridgehead atoms. The van der Waals surface area contributed by atoms with Crippen molar-refractivity contribution in [3.05, 3.63) is 29.3 Å². The fraction of sp³-hybridized carbons (Fsp3) is 0.600. The van der Waals surface area contributed by atoms with Crippen LogP contribution in [0.15, 0.2) is 18.2 Å². The fourth-order valence-electron chi connectivity index (χ4n) is 2.30. The average molecular weight is 249 g/mol. The van der Waals surface area contributed by atoms with Gasteiger partial charge in [-0.1, -0.05) is 19.1 Å². The normalized spacial score (nSPS) is 15.2. The molecule has 3 heteroatoms. The molecule has 0 saturated heterocycles. The van der Waals surface area contributed by atoms with Gasteiger partial charge in [-0.15, -0.1) is 0 Å². The van der Waals surface area contributed by atoms with Gasteiger partial charge in [-0.2, -0.15) is 0 Å². The van der Waals surface area contributed by atoms with E-state index >= 15 is 0 Å². The van der Waals surface area contributed by atoms with E-state index in [0.29, 0.717) is 5.92 Å². The van der Waals surface area contributed by atoms with Gasteiger partial charge in [0.2, 0.25) is 0 Å². The molecule has 0 radical (unpaired) electrons. The van der Waals surface area contributed by atoms with Gasteiger partial charge in [0.25, 0.3) is 0 Å². The van der Waals surface area contributed by atoms with Crippen LogP contribution in [0, 0.1) is 5.92 Å². The largest absolute Gasteiger partial charge is 0.493 e. The Morgan fingerprint density at radius 3 is 3.17 bits per heavy atom. The molecule has 0 fully saturated rings. The number of benzene rings is 1. The first kappa shape index (κ1) is 13.4. The maximum absolute atomic E-state index is 8.82. The van der Waals surface area contributed by atoms with Crippen molar-refractivity contribution >= 4 is 0 Å². The molecule has 1 aromatic rings. The zero-order valence-corrected chi connectivity index (χ0v) is 11.1. The summed E-state index contributed by atoms with van der Waals surface area (Å²) in [4.78, 5) is 0. The third kappa shape index (κ3) is 3.72. The van der Waals surface area contributed by atoms with Gasteiger partial charge in [-0.25, -0.2) is 0 Å². The molecule has 3 nitrogen and oxygen atoms in total. The van der Waals surface area contributed by atoms with Crippen LogP contribution in [0.25, 0.3) is 0 Å². The minimum atomic E-state index is 0.285. The summed E-state index contributed by atoms with van der Waals surface area (Å²) >= 11 is 0. The van der Waals surface area contributed by atoms with Gasteiger partial charge >= 0.3 is 0 Å². The van der Waals surface area contributed by atoms with Crippen LogP contribution in [-0.4, -0.2) is 31.4 Å². The zero-order chi connectivity index (χ0) is 12.8. The quantitative estimate of drug-likeness (QED) is 0.724. The molecule has 1 unspecified atom stereocenters. The van der Waals surface area contributed by atoms with Crippen LogP contribution < -0.4 is 10.1 Å². The topological polar surface area (TPSA) is 41.5 Å². The second-order valence-electron chi connectivity index (χ2n) is 5.11. The van der Waals surface area contributed by atoms with E-state index < -0.39 is 0 Å². The second-order valence-corrected chi connectivity index (χ2v) is 5.11. The third-order valence-electron chi connectivity index (χ3n) is 3.46. The lowest BCUT2D eigenvalue weighted by molar-refractivity contribution is 0.260. The molecule has 100 valence electrons. The number of ether oxygens (including phenoxy) is 1. The van der Waals surface area contributed by atoms with Crippen molar-refractivity contribution < 1.29 is 9.84 Å². The molecule has 18 heavy (non-hydrogen) atoms. The first-order valence-electron chi connectivity index (χ1n) is 6.86. The van der Waals surface area contributed by atoms with Crippen molar-refractivity contribution in [2.75, 3.05) is 26.3 Å². The number of hydrogen-bond acceptors (Lipinski definition) is 3. The first-order chi connectivity index (χ1) is 8.79. The summed E-state index contributed by atoms with van der Waals surface area (Å²) in [7, 11) is 0. The molecule has 1 atom stereocenters. The summed E-state index contributed by atoms with van der Waals surface area (Å²) in [5.41, 5.74) is 2.72. The predicted octanol–water partition coefficient (Wildman–Crippen LogP) is 1.77. The number of nitrogens with one attached hydrogen (secondary N) is 1. The van der Waals surface area contributed by atoms with E-state index in [2.05, 4.69) is 30.4 Å². The van der Waals surface area contributed by atoms with Crippen molar-refractivity contribution in [1.82, 2.24) is 5.32 Å². The summed E-state index contributed by atoms with van der Waals surface area (Å²) in [6.07, 6.45) is 2.98. The molecule has 2 rings (SSSR count). The van der Waals surface area contributed by atoms with Gasteiger partial charge < -0.3 is 15.2 Å². The molecular formula is C15H23NO2. The number of rotatable bonds is 7. The lowest BCUT2D eigenvalue weighted by Crippen LogP contribution is -2.24. The fourth-order valence-corrected chi connectivity index (χ4v) is 2.30. The summed E-state index contributed by atoms with van der Waals surface area (Å²) in [6, 6.07) is 6.51. The molecule has 0 saturated carbocycles. The maximum atomic E-state index is 8.82. The molecule has 0 spiro atoms. The first-order valence-corrected chi connectivity index (χ1v) is 6.86. The number of fused-ring (bicyclic) bond motifs is 1. The molecular weight excluding hydrogens is 226 g/mol. The highest BCUT2D eigenvalue weighted by atomic mass is 16.5. The molecule has 1 aliphatic rings. The van der Waals surface area contributed by atoms with Crippen LogP contribution in [0.2, 0.25) is 0 Å². The molecule has 2 N–H and O–H groups in total. The molecule has 0 aromatic heterocycles. The van der Waals surface area contributed by atoms with Crippen molar-refractivity contribution in [2.45, 2.75) is 26.2 Å². The Bertz CT molecular complexity index is 379. The number of aliphatic hydroxyl groups is 1. The van der Waals surface area contributed by atoms with Crippen LogP contribution >= 0.6 is 0 Å². The predicted molar refractivity (Wildman–Crippen MR) is 73.1 cm³/mol. The van der Waals surface area contributed by atoms with E-state index in [-0.39, 0.29) is 6.61 Å². The highest BCUT2D eigenvalue weighted by molar-refractivity contribution is 5.39. The monoisotopic (exact) mass is 249 g/mol. The van der Waals surface area contributed by atoms with Crippen molar-refractivity contribution in [2.24, 2.45) is 5.92 Å². The van der Waals surface area contributed by atoms with Crippen LogP contribution in [0.3, 0.4) is 0 Å². The standard InChI is InChI=1S/C15H23NO2/c1-12(5-8-17)11-16-7-4-13-2-3-15-14(10-13)6-9-18-15/h2-3,10,12,16-17H,4-9,11H2,1H3. The second kappa shape index (κ2) is 6.76. The van der Waals surface area contributed by atoms with Gasteiger partial charge in [0.1, 0.15) is 5.75 Å². The van der Waals surface area contributed by atoms with Gasteiger partial charge in [0.05, 0.1) is 6.61 Å². The van der Waals surface area contributed by atoms with Gasteiger partial charge in [-0.05, 0) is 49.0 Å². The minimum Gasteiger partial charge on any atom is -0.493 e. The summed E-state index contributed by atoms with van der Waals surface area (Å²) < 4.78 is 5.50. The van der Waals surface area contributed by atoms with E-state index in [9.17, 15) is 0 Å². The molecule has 1 aromatic carbocycles. The molecule has 1 aliphatic heterocycles. The Morgan fingerprint density at radius 2 is 2.33 bits per heavy atom. The van der Waals surface area contributed by atoms with Crippen LogP contribution in [0.1, 0.15) is 24.5 Å². The third-order valence-corrected chi connectivity index (χ3v) is 3.46. The van der Waals surface area contributed by atoms with Gasteiger partial charge in [-0.3, -0.25) is 0 Å². The zero-order valence-electron chi connectivity index (χ0n) is 11.1. The van der Waals surface area contributed by atoms with Gasteiger partial charge in [0.15, 0.2) is 0 Å². The van der Waals surface area contributed by atoms with Crippen molar-refractivity contribution in [3.8, 4) is 5.75 Å². The van der Waals surface area contributed by atoms with E-state index in [0.717, 1.165) is 44.7 Å². The van der Waals surface area contributed by atoms with Crippen LogP contribution in [0.4, 0.5) is 0 Å². The van der Waals surface area contributed by atoms with E-state index in [1.54, 1.807) is 0 Å². The highest BCUT2D eigenvalue weighted by Crippen LogP contribution is 2.25. The molecule has 1 heterocycles. The Morgan fingerprint density at radius 1 is 1.44 bits per heavy atom. The Hall–Kier alpha value is -1.06. The van der Waals surface area contributed by atoms with Crippen molar-refractivity contribution in [1.29, 1.82) is 0 Å². The average Bonchev–Trinajstić information content (AvgIpc) is 2.82. The Kier molecular flexibility index (Phi) is 5.02. The van der Waals surface area contributed by atoms with Crippen LogP contribution in [-0.2, 0) is 12.8 Å². The van der Waals surface area contributed by atoms with E-state index in [4.69, 9.17) is 9.84 Å². The van der Waals surface area contributed by atoms with Crippen LogP contribution in [0.5, 0.6) is 5.75 Å². The summed E-state index contributed by atoms with van der Waals surface area (Å²) in [5, 5.41) is 12.3. The van der Waals surface area contributed by atoms with Crippen molar-refractivity contribution in [3.63, 3.8) is 0 Å². The Balaban J connectivity index is 1.70. The lowest BCUT2D eigenvalue weighted by atomic mass is 10.1. The lowest BCUT2D eigenvalue weighted by Gasteiger charge is -2.11. The molecule has 0 aliphatic carbocycles. The summed E-state index contributed by atoms with van der Waals surface area (Å²) in [5.74, 6) is 1.60. The Labute approximate surface area is 109 Å². The minimum absolute atomic E-state index is 0.285. The summed E-state index contributed by atoms with van der Waals surface area (Å²) in [6.45, 7) is 5.25. The molecule has 0 amide bonds. The maximum Gasteiger partial charge on any atom is 0.122 e. The SMILES string of the molecule is CC(CCO)CNCCc1ccc2c(c1)CCO2. The smallest absolute Gasteiger partial charge is 0.122 e.